The maximum Gasteiger partial charge on any atom is 0.0352 e. The van der Waals surface area contributed by atoms with E-state index in [2.05, 4.69) is 41.4 Å². The summed E-state index contributed by atoms with van der Waals surface area (Å²) in [5.74, 6) is 0. The van der Waals surface area contributed by atoms with Crippen LogP contribution in [0.25, 0.3) is 0 Å². The van der Waals surface area contributed by atoms with Crippen LogP contribution in [0, 0.1) is 0 Å². The van der Waals surface area contributed by atoms with Gasteiger partial charge in [-0.1, -0.05) is 30.7 Å². The fourth-order valence-electron chi connectivity index (χ4n) is 3.52. The monoisotopic (exact) mass is 244 g/mol. The van der Waals surface area contributed by atoms with Crippen molar-refractivity contribution in [3.8, 4) is 0 Å². The van der Waals surface area contributed by atoms with Crippen LogP contribution in [0.1, 0.15) is 43.4 Å². The van der Waals surface area contributed by atoms with Gasteiger partial charge in [0.1, 0.15) is 0 Å². The molecule has 1 N–H and O–H groups in total. The smallest absolute Gasteiger partial charge is 0.0352 e. The fourth-order valence-corrected chi connectivity index (χ4v) is 3.52. The normalized spacial score (nSPS) is 29.6. The minimum atomic E-state index is 0.633. The van der Waals surface area contributed by atoms with Crippen molar-refractivity contribution < 1.29 is 0 Å². The summed E-state index contributed by atoms with van der Waals surface area (Å²) < 4.78 is 0. The molecule has 0 bridgehead atoms. The summed E-state index contributed by atoms with van der Waals surface area (Å²) in [6.45, 7) is 5.83. The van der Waals surface area contributed by atoms with Gasteiger partial charge in [-0.3, -0.25) is 4.90 Å². The lowest BCUT2D eigenvalue weighted by atomic mass is 9.97. The number of hydrogen-bond acceptors (Lipinski definition) is 2. The number of hydrogen-bond donors (Lipinski definition) is 1. The van der Waals surface area contributed by atoms with Gasteiger partial charge in [0.05, 0.1) is 0 Å². The van der Waals surface area contributed by atoms with Gasteiger partial charge in [0, 0.05) is 31.7 Å². The third-order valence-corrected chi connectivity index (χ3v) is 4.43. The molecule has 2 heteroatoms. The first-order chi connectivity index (χ1) is 8.84. The molecular formula is C16H24N2. The van der Waals surface area contributed by atoms with E-state index >= 15 is 0 Å². The Morgan fingerprint density at radius 1 is 1.22 bits per heavy atom. The molecule has 1 aliphatic heterocycles. The van der Waals surface area contributed by atoms with Gasteiger partial charge in [-0.25, -0.2) is 0 Å². The summed E-state index contributed by atoms with van der Waals surface area (Å²) in [6.07, 6.45) is 5.34. The SMILES string of the molecule is C[C@@H]1CN(C2CCCCc3ccccc32)CCN1. The molecule has 1 aromatic carbocycles. The molecule has 0 saturated carbocycles. The molecule has 0 aromatic heterocycles. The number of benzene rings is 1. The van der Waals surface area contributed by atoms with Crippen LogP contribution in [0.4, 0.5) is 0 Å². The summed E-state index contributed by atoms with van der Waals surface area (Å²) in [4.78, 5) is 2.70. The molecule has 2 atom stereocenters. The predicted molar refractivity (Wildman–Crippen MR) is 75.8 cm³/mol. The zero-order valence-corrected chi connectivity index (χ0v) is 11.4. The van der Waals surface area contributed by atoms with Gasteiger partial charge in [-0.05, 0) is 37.3 Å². The Labute approximate surface area is 110 Å². The van der Waals surface area contributed by atoms with Crippen LogP contribution in [-0.4, -0.2) is 30.6 Å². The first kappa shape index (κ1) is 12.2. The van der Waals surface area contributed by atoms with Gasteiger partial charge in [0.15, 0.2) is 0 Å². The molecule has 1 saturated heterocycles. The molecule has 1 aliphatic carbocycles. The van der Waals surface area contributed by atoms with Gasteiger partial charge >= 0.3 is 0 Å². The second kappa shape index (κ2) is 5.41. The molecule has 0 amide bonds. The van der Waals surface area contributed by atoms with Crippen molar-refractivity contribution in [2.75, 3.05) is 19.6 Å². The average Bonchev–Trinajstić information content (AvgIpc) is 2.61. The second-order valence-electron chi connectivity index (χ2n) is 5.81. The average molecular weight is 244 g/mol. The molecule has 1 heterocycles. The van der Waals surface area contributed by atoms with Gasteiger partial charge in [0.25, 0.3) is 0 Å². The first-order valence-electron chi connectivity index (χ1n) is 7.40. The van der Waals surface area contributed by atoms with Crippen LogP contribution < -0.4 is 5.32 Å². The third kappa shape index (κ3) is 2.45. The molecule has 1 fully saturated rings. The number of piperazine rings is 1. The van der Waals surface area contributed by atoms with Crippen LogP contribution >= 0.6 is 0 Å². The van der Waals surface area contributed by atoms with E-state index in [0.29, 0.717) is 12.1 Å². The second-order valence-corrected chi connectivity index (χ2v) is 5.81. The molecule has 18 heavy (non-hydrogen) atoms. The van der Waals surface area contributed by atoms with Crippen molar-refractivity contribution in [3.05, 3.63) is 35.4 Å². The Balaban J connectivity index is 1.86. The van der Waals surface area contributed by atoms with Crippen LogP contribution in [0.2, 0.25) is 0 Å². The highest BCUT2D eigenvalue weighted by atomic mass is 15.2. The Morgan fingerprint density at radius 2 is 2.11 bits per heavy atom. The number of fused-ring (bicyclic) bond motifs is 1. The lowest BCUT2D eigenvalue weighted by molar-refractivity contribution is 0.141. The molecule has 0 spiro atoms. The maximum atomic E-state index is 3.55. The third-order valence-electron chi connectivity index (χ3n) is 4.43. The number of nitrogens with one attached hydrogen (secondary N) is 1. The van der Waals surface area contributed by atoms with Crippen molar-refractivity contribution in [1.29, 1.82) is 0 Å². The Morgan fingerprint density at radius 3 is 3.00 bits per heavy atom. The van der Waals surface area contributed by atoms with E-state index < -0.39 is 0 Å². The van der Waals surface area contributed by atoms with E-state index in [1.807, 2.05) is 0 Å². The quantitative estimate of drug-likeness (QED) is 0.764. The number of rotatable bonds is 1. The van der Waals surface area contributed by atoms with Crippen molar-refractivity contribution in [3.63, 3.8) is 0 Å². The van der Waals surface area contributed by atoms with Crippen LogP contribution in [0.15, 0.2) is 24.3 Å². The zero-order valence-electron chi connectivity index (χ0n) is 11.4. The highest BCUT2D eigenvalue weighted by Crippen LogP contribution is 2.33. The van der Waals surface area contributed by atoms with Crippen LogP contribution in [0.3, 0.4) is 0 Å². The topological polar surface area (TPSA) is 15.3 Å². The van der Waals surface area contributed by atoms with Crippen molar-refractivity contribution in [2.24, 2.45) is 0 Å². The first-order valence-corrected chi connectivity index (χ1v) is 7.40. The molecule has 98 valence electrons. The highest BCUT2D eigenvalue weighted by Gasteiger charge is 2.27. The zero-order chi connectivity index (χ0) is 12.4. The van der Waals surface area contributed by atoms with E-state index in [0.717, 1.165) is 6.54 Å². The lowest BCUT2D eigenvalue weighted by Crippen LogP contribution is -2.50. The molecular weight excluding hydrogens is 220 g/mol. The summed E-state index contributed by atoms with van der Waals surface area (Å²) in [6, 6.07) is 10.4. The van der Waals surface area contributed by atoms with Crippen molar-refractivity contribution >= 4 is 0 Å². The minimum Gasteiger partial charge on any atom is -0.312 e. The maximum absolute atomic E-state index is 3.55. The van der Waals surface area contributed by atoms with Gasteiger partial charge in [-0.2, -0.15) is 0 Å². The minimum absolute atomic E-state index is 0.633. The summed E-state index contributed by atoms with van der Waals surface area (Å²) in [5.41, 5.74) is 3.19. The van der Waals surface area contributed by atoms with Crippen LogP contribution in [-0.2, 0) is 6.42 Å². The molecule has 1 aromatic rings. The molecule has 2 aliphatic rings. The largest absolute Gasteiger partial charge is 0.312 e. The Hall–Kier alpha value is -0.860. The molecule has 1 unspecified atom stereocenters. The van der Waals surface area contributed by atoms with Gasteiger partial charge in [0.2, 0.25) is 0 Å². The Bertz CT molecular complexity index is 402. The van der Waals surface area contributed by atoms with E-state index in [1.54, 1.807) is 11.1 Å². The predicted octanol–water partition coefficient (Wildman–Crippen LogP) is 2.75. The summed E-state index contributed by atoms with van der Waals surface area (Å²) in [7, 11) is 0. The lowest BCUT2D eigenvalue weighted by Gasteiger charge is -2.38. The van der Waals surface area contributed by atoms with E-state index in [4.69, 9.17) is 0 Å². The standard InChI is InChI=1S/C16H24N2/c1-13-12-18(11-10-17-13)16-9-5-3-7-14-6-2-4-8-15(14)16/h2,4,6,8,13,16-17H,3,5,7,9-12H2,1H3/t13-,16?/m1/s1. The molecule has 0 radical (unpaired) electrons. The summed E-state index contributed by atoms with van der Waals surface area (Å²) in [5, 5.41) is 3.55. The van der Waals surface area contributed by atoms with E-state index in [1.165, 1.54) is 38.8 Å². The van der Waals surface area contributed by atoms with Gasteiger partial charge < -0.3 is 5.32 Å². The Kier molecular flexibility index (Phi) is 3.67. The van der Waals surface area contributed by atoms with Gasteiger partial charge in [-0.15, -0.1) is 0 Å². The van der Waals surface area contributed by atoms with Crippen LogP contribution in [0.5, 0.6) is 0 Å². The molecule has 2 nitrogen and oxygen atoms in total. The van der Waals surface area contributed by atoms with E-state index in [9.17, 15) is 0 Å². The number of nitrogens with zero attached hydrogens (tertiary/aromatic N) is 1. The summed E-state index contributed by atoms with van der Waals surface area (Å²) >= 11 is 0. The van der Waals surface area contributed by atoms with Crippen molar-refractivity contribution in [1.82, 2.24) is 10.2 Å². The van der Waals surface area contributed by atoms with Crippen molar-refractivity contribution in [2.45, 2.75) is 44.7 Å². The number of aryl methyl sites for hydroxylation is 1. The fraction of sp³-hybridized carbons (Fsp3) is 0.625. The highest BCUT2D eigenvalue weighted by molar-refractivity contribution is 5.31. The van der Waals surface area contributed by atoms with E-state index in [-0.39, 0.29) is 0 Å². The molecule has 3 rings (SSSR count).